The topological polar surface area (TPSA) is 49.5 Å². The lowest BCUT2D eigenvalue weighted by Gasteiger charge is -2.42. The van der Waals surface area contributed by atoms with Crippen LogP contribution in [0.4, 0.5) is 0 Å². The molecular formula is C13H26N2O. The molecule has 1 saturated heterocycles. The molecule has 2 aliphatic rings. The molecule has 0 aromatic rings. The monoisotopic (exact) mass is 226 g/mol. The first kappa shape index (κ1) is 12.3. The van der Waals surface area contributed by atoms with Crippen molar-refractivity contribution in [3.05, 3.63) is 0 Å². The average molecular weight is 226 g/mol. The zero-order valence-electron chi connectivity index (χ0n) is 10.3. The van der Waals surface area contributed by atoms with Crippen LogP contribution in [-0.2, 0) is 0 Å². The molecule has 1 aliphatic heterocycles. The molecule has 1 aliphatic carbocycles. The number of rotatable bonds is 4. The molecule has 2 rings (SSSR count). The molecule has 0 spiro atoms. The fraction of sp³-hybridized carbons (Fsp3) is 1.00. The summed E-state index contributed by atoms with van der Waals surface area (Å²) in [6, 6.07) is 1.33. The molecule has 1 heterocycles. The van der Waals surface area contributed by atoms with E-state index in [-0.39, 0.29) is 0 Å². The summed E-state index contributed by atoms with van der Waals surface area (Å²) in [5.74, 6) is 0.708. The van der Waals surface area contributed by atoms with Gasteiger partial charge < -0.3 is 10.8 Å². The molecule has 94 valence electrons. The van der Waals surface area contributed by atoms with Crippen molar-refractivity contribution >= 4 is 0 Å². The van der Waals surface area contributed by atoms with E-state index in [9.17, 15) is 0 Å². The Bertz CT molecular complexity index is 208. The maximum atomic E-state index is 9.15. The standard InChI is InChI=1S/C13H26N2O/c14-10-11-4-3-6-13(11)15-8-2-1-5-12(15)7-9-16/h11-13,16H,1-10,14H2. The van der Waals surface area contributed by atoms with Gasteiger partial charge in [-0.15, -0.1) is 0 Å². The maximum absolute atomic E-state index is 9.15. The molecule has 0 aromatic carbocycles. The highest BCUT2D eigenvalue weighted by Gasteiger charge is 2.35. The summed E-state index contributed by atoms with van der Waals surface area (Å²) in [7, 11) is 0. The average Bonchev–Trinajstić information content (AvgIpc) is 2.78. The molecular weight excluding hydrogens is 200 g/mol. The summed E-state index contributed by atoms with van der Waals surface area (Å²) in [4.78, 5) is 2.67. The van der Waals surface area contributed by atoms with E-state index < -0.39 is 0 Å². The quantitative estimate of drug-likeness (QED) is 0.761. The molecule has 0 aromatic heterocycles. The summed E-state index contributed by atoms with van der Waals surface area (Å²) < 4.78 is 0. The van der Waals surface area contributed by atoms with E-state index in [4.69, 9.17) is 10.8 Å². The Hall–Kier alpha value is -0.120. The number of piperidine rings is 1. The normalized spacial score (nSPS) is 36.8. The highest BCUT2D eigenvalue weighted by molar-refractivity contribution is 4.90. The Morgan fingerprint density at radius 3 is 2.75 bits per heavy atom. The van der Waals surface area contributed by atoms with E-state index in [1.165, 1.54) is 45.1 Å². The zero-order chi connectivity index (χ0) is 11.4. The van der Waals surface area contributed by atoms with Gasteiger partial charge in [0.2, 0.25) is 0 Å². The van der Waals surface area contributed by atoms with Gasteiger partial charge in [0.25, 0.3) is 0 Å². The predicted molar refractivity (Wildman–Crippen MR) is 66.2 cm³/mol. The van der Waals surface area contributed by atoms with Crippen molar-refractivity contribution in [2.24, 2.45) is 11.7 Å². The van der Waals surface area contributed by atoms with Gasteiger partial charge in [-0.1, -0.05) is 12.8 Å². The minimum atomic E-state index is 0.335. The SMILES string of the molecule is NCC1CCCC1N1CCCCC1CCO. The third-order valence-electron chi connectivity index (χ3n) is 4.48. The Labute approximate surface area is 99.0 Å². The van der Waals surface area contributed by atoms with Crippen molar-refractivity contribution < 1.29 is 5.11 Å². The van der Waals surface area contributed by atoms with Gasteiger partial charge in [-0.2, -0.15) is 0 Å². The third-order valence-corrected chi connectivity index (χ3v) is 4.48. The van der Waals surface area contributed by atoms with Gasteiger partial charge in [0.05, 0.1) is 0 Å². The third kappa shape index (κ3) is 2.58. The molecule has 3 nitrogen and oxygen atoms in total. The van der Waals surface area contributed by atoms with Crippen LogP contribution in [0.2, 0.25) is 0 Å². The van der Waals surface area contributed by atoms with Gasteiger partial charge in [-0.3, -0.25) is 4.90 Å². The van der Waals surface area contributed by atoms with E-state index in [0.29, 0.717) is 24.6 Å². The lowest BCUT2D eigenvalue weighted by Crippen LogP contribution is -2.49. The number of hydrogen-bond acceptors (Lipinski definition) is 3. The summed E-state index contributed by atoms with van der Waals surface area (Å²) in [6.07, 6.45) is 8.86. The largest absolute Gasteiger partial charge is 0.396 e. The lowest BCUT2D eigenvalue weighted by molar-refractivity contribution is 0.0593. The maximum Gasteiger partial charge on any atom is 0.0445 e. The van der Waals surface area contributed by atoms with Crippen LogP contribution in [0, 0.1) is 5.92 Å². The smallest absolute Gasteiger partial charge is 0.0445 e. The van der Waals surface area contributed by atoms with Gasteiger partial charge in [0.15, 0.2) is 0 Å². The first-order chi connectivity index (χ1) is 7.86. The van der Waals surface area contributed by atoms with Gasteiger partial charge >= 0.3 is 0 Å². The minimum Gasteiger partial charge on any atom is -0.396 e. The van der Waals surface area contributed by atoms with E-state index in [1.54, 1.807) is 0 Å². The summed E-state index contributed by atoms with van der Waals surface area (Å²) in [5.41, 5.74) is 5.87. The number of nitrogens with zero attached hydrogens (tertiary/aromatic N) is 1. The molecule has 3 atom stereocenters. The molecule has 0 radical (unpaired) electrons. The molecule has 16 heavy (non-hydrogen) atoms. The van der Waals surface area contributed by atoms with Crippen molar-refractivity contribution in [2.75, 3.05) is 19.7 Å². The minimum absolute atomic E-state index is 0.335. The fourth-order valence-corrected chi connectivity index (χ4v) is 3.65. The van der Waals surface area contributed by atoms with Crippen LogP contribution in [0.1, 0.15) is 44.9 Å². The van der Waals surface area contributed by atoms with Crippen molar-refractivity contribution in [3.63, 3.8) is 0 Å². The Morgan fingerprint density at radius 2 is 2.00 bits per heavy atom. The van der Waals surface area contributed by atoms with Crippen molar-refractivity contribution in [1.82, 2.24) is 4.90 Å². The Kier molecular flexibility index (Phi) is 4.62. The summed E-state index contributed by atoms with van der Waals surface area (Å²) in [5, 5.41) is 9.15. The van der Waals surface area contributed by atoms with Crippen LogP contribution < -0.4 is 5.73 Å². The molecule has 3 N–H and O–H groups in total. The van der Waals surface area contributed by atoms with E-state index in [2.05, 4.69) is 4.90 Å². The number of aliphatic hydroxyl groups excluding tert-OH is 1. The van der Waals surface area contributed by atoms with Crippen LogP contribution >= 0.6 is 0 Å². The number of hydrogen-bond donors (Lipinski definition) is 2. The highest BCUT2D eigenvalue weighted by Crippen LogP contribution is 2.34. The first-order valence-electron chi connectivity index (χ1n) is 6.93. The van der Waals surface area contributed by atoms with E-state index in [1.807, 2.05) is 0 Å². The van der Waals surface area contributed by atoms with Crippen LogP contribution in [0.5, 0.6) is 0 Å². The second-order valence-electron chi connectivity index (χ2n) is 5.39. The van der Waals surface area contributed by atoms with Crippen LogP contribution in [0.25, 0.3) is 0 Å². The summed E-state index contributed by atoms with van der Waals surface area (Å²) in [6.45, 7) is 2.40. The van der Waals surface area contributed by atoms with Gasteiger partial charge in [0.1, 0.15) is 0 Å². The van der Waals surface area contributed by atoms with Crippen LogP contribution in [0.3, 0.4) is 0 Å². The van der Waals surface area contributed by atoms with Gasteiger partial charge in [-0.05, 0) is 51.1 Å². The number of likely N-dealkylation sites (tertiary alicyclic amines) is 1. The van der Waals surface area contributed by atoms with Gasteiger partial charge in [-0.25, -0.2) is 0 Å². The molecule has 1 saturated carbocycles. The van der Waals surface area contributed by atoms with Crippen LogP contribution in [-0.4, -0.2) is 41.8 Å². The van der Waals surface area contributed by atoms with Crippen molar-refractivity contribution in [1.29, 1.82) is 0 Å². The summed E-state index contributed by atoms with van der Waals surface area (Å²) >= 11 is 0. The Balaban J connectivity index is 1.98. The zero-order valence-corrected chi connectivity index (χ0v) is 10.3. The van der Waals surface area contributed by atoms with Crippen LogP contribution in [0.15, 0.2) is 0 Å². The molecule has 0 bridgehead atoms. The lowest BCUT2D eigenvalue weighted by atomic mass is 9.93. The highest BCUT2D eigenvalue weighted by atomic mass is 16.3. The predicted octanol–water partition coefficient (Wildman–Crippen LogP) is 1.35. The second-order valence-corrected chi connectivity index (χ2v) is 5.39. The number of aliphatic hydroxyl groups is 1. The fourth-order valence-electron chi connectivity index (χ4n) is 3.65. The molecule has 0 amide bonds. The number of nitrogens with two attached hydrogens (primary N) is 1. The van der Waals surface area contributed by atoms with Crippen molar-refractivity contribution in [3.8, 4) is 0 Å². The molecule has 3 unspecified atom stereocenters. The van der Waals surface area contributed by atoms with E-state index in [0.717, 1.165) is 13.0 Å². The van der Waals surface area contributed by atoms with Gasteiger partial charge in [0, 0.05) is 18.7 Å². The second kappa shape index (κ2) is 5.99. The molecule has 3 heteroatoms. The van der Waals surface area contributed by atoms with Crippen molar-refractivity contribution in [2.45, 2.75) is 57.0 Å². The Morgan fingerprint density at radius 1 is 1.12 bits per heavy atom. The first-order valence-corrected chi connectivity index (χ1v) is 6.93. The van der Waals surface area contributed by atoms with E-state index >= 15 is 0 Å². The molecule has 2 fully saturated rings.